The third-order valence-electron chi connectivity index (χ3n) is 3.22. The Morgan fingerprint density at radius 1 is 1.67 bits per heavy atom. The molecule has 7 nitrogen and oxygen atoms in total. The summed E-state index contributed by atoms with van der Waals surface area (Å²) in [5.41, 5.74) is 6.52. The summed E-state index contributed by atoms with van der Waals surface area (Å²) in [4.78, 5) is 16.5. The molecule has 0 spiro atoms. The SMILES string of the molecule is CC1CN(C(N)=NCc2cc([N+](=O)[O-])ccc2Cl)CCO1. The van der Waals surface area contributed by atoms with E-state index in [1.165, 1.54) is 18.2 Å². The molecule has 0 radical (unpaired) electrons. The van der Waals surface area contributed by atoms with Crippen molar-refractivity contribution in [3.05, 3.63) is 38.9 Å². The molecule has 1 saturated heterocycles. The normalized spacial score (nSPS) is 19.6. The molecule has 1 heterocycles. The lowest BCUT2D eigenvalue weighted by Gasteiger charge is -2.31. The number of hydrogen-bond donors (Lipinski definition) is 1. The molecule has 0 amide bonds. The van der Waals surface area contributed by atoms with Gasteiger partial charge in [-0.25, -0.2) is 4.99 Å². The number of hydrogen-bond acceptors (Lipinski definition) is 4. The second kappa shape index (κ2) is 6.73. The average Bonchev–Trinajstić information content (AvgIpc) is 2.45. The minimum Gasteiger partial charge on any atom is -0.375 e. The topological polar surface area (TPSA) is 94.0 Å². The van der Waals surface area contributed by atoms with Gasteiger partial charge in [0.25, 0.3) is 5.69 Å². The molecule has 2 N–H and O–H groups in total. The molecule has 0 aliphatic carbocycles. The highest BCUT2D eigenvalue weighted by Crippen LogP contribution is 2.22. The highest BCUT2D eigenvalue weighted by atomic mass is 35.5. The van der Waals surface area contributed by atoms with Crippen LogP contribution < -0.4 is 5.73 Å². The molecule has 0 aromatic heterocycles. The van der Waals surface area contributed by atoms with E-state index in [0.717, 1.165) is 0 Å². The zero-order valence-electron chi connectivity index (χ0n) is 11.7. The van der Waals surface area contributed by atoms with Gasteiger partial charge < -0.3 is 15.4 Å². The van der Waals surface area contributed by atoms with Crippen LogP contribution in [0.15, 0.2) is 23.2 Å². The average molecular weight is 313 g/mol. The maximum atomic E-state index is 10.8. The van der Waals surface area contributed by atoms with Gasteiger partial charge >= 0.3 is 0 Å². The van der Waals surface area contributed by atoms with Gasteiger partial charge in [0.05, 0.1) is 24.2 Å². The molecule has 0 bridgehead atoms. The number of halogens is 1. The minimum atomic E-state index is -0.462. The largest absolute Gasteiger partial charge is 0.375 e. The van der Waals surface area contributed by atoms with E-state index in [4.69, 9.17) is 22.1 Å². The van der Waals surface area contributed by atoms with Gasteiger partial charge in [0.2, 0.25) is 0 Å². The van der Waals surface area contributed by atoms with Gasteiger partial charge in [0.15, 0.2) is 5.96 Å². The number of nitrogens with zero attached hydrogens (tertiary/aromatic N) is 3. The Morgan fingerprint density at radius 3 is 3.10 bits per heavy atom. The van der Waals surface area contributed by atoms with E-state index in [-0.39, 0.29) is 18.3 Å². The van der Waals surface area contributed by atoms with Crippen molar-refractivity contribution in [3.63, 3.8) is 0 Å². The maximum Gasteiger partial charge on any atom is 0.269 e. The van der Waals surface area contributed by atoms with Gasteiger partial charge in [-0.15, -0.1) is 0 Å². The molecule has 2 rings (SSSR count). The second-order valence-electron chi connectivity index (χ2n) is 4.83. The van der Waals surface area contributed by atoms with E-state index in [1.807, 2.05) is 11.8 Å². The Morgan fingerprint density at radius 2 is 2.43 bits per heavy atom. The van der Waals surface area contributed by atoms with Crippen LogP contribution in [-0.4, -0.2) is 41.6 Å². The van der Waals surface area contributed by atoms with Crippen LogP contribution in [0.3, 0.4) is 0 Å². The van der Waals surface area contributed by atoms with Crippen LogP contribution in [-0.2, 0) is 11.3 Å². The summed E-state index contributed by atoms with van der Waals surface area (Å²) < 4.78 is 5.43. The molecule has 1 aliphatic heterocycles. The standard InChI is InChI=1S/C13H17ClN4O3/c1-9-8-17(4-5-21-9)13(15)16-7-10-6-11(18(19)20)2-3-12(10)14/h2-3,6,9H,4-5,7-8H2,1H3,(H2,15,16). The molecule has 0 saturated carbocycles. The summed E-state index contributed by atoms with van der Waals surface area (Å²) in [6.07, 6.45) is 0.105. The van der Waals surface area contributed by atoms with Crippen molar-refractivity contribution in [2.45, 2.75) is 19.6 Å². The lowest BCUT2D eigenvalue weighted by molar-refractivity contribution is -0.384. The molecule has 8 heteroatoms. The first-order valence-corrected chi connectivity index (χ1v) is 6.94. The molecule has 1 atom stereocenters. The number of non-ortho nitro benzene ring substituents is 1. The van der Waals surface area contributed by atoms with Crippen molar-refractivity contribution in [3.8, 4) is 0 Å². The zero-order valence-corrected chi connectivity index (χ0v) is 12.4. The van der Waals surface area contributed by atoms with Gasteiger partial charge in [-0.2, -0.15) is 0 Å². The Labute approximate surface area is 127 Å². The number of nitro groups is 1. The lowest BCUT2D eigenvalue weighted by Crippen LogP contribution is -2.47. The smallest absolute Gasteiger partial charge is 0.269 e. The van der Waals surface area contributed by atoms with E-state index in [9.17, 15) is 10.1 Å². The third-order valence-corrected chi connectivity index (χ3v) is 3.59. The van der Waals surface area contributed by atoms with Gasteiger partial charge in [-0.05, 0) is 18.6 Å². The van der Waals surface area contributed by atoms with E-state index in [2.05, 4.69) is 4.99 Å². The number of guanidine groups is 1. The first kappa shape index (κ1) is 15.5. The predicted molar refractivity (Wildman–Crippen MR) is 80.4 cm³/mol. The summed E-state index contributed by atoms with van der Waals surface area (Å²) in [5.74, 6) is 0.396. The minimum absolute atomic E-state index is 0.0110. The van der Waals surface area contributed by atoms with Gasteiger partial charge in [-0.3, -0.25) is 10.1 Å². The summed E-state index contributed by atoms with van der Waals surface area (Å²) in [5, 5.41) is 11.2. The van der Waals surface area contributed by atoms with Gasteiger partial charge in [-0.1, -0.05) is 11.6 Å². The van der Waals surface area contributed by atoms with Crippen LogP contribution >= 0.6 is 11.6 Å². The molecule has 1 aliphatic rings. The first-order chi connectivity index (χ1) is 9.97. The number of nitro benzene ring substituents is 1. The number of nitrogens with two attached hydrogens (primary N) is 1. The van der Waals surface area contributed by atoms with Crippen molar-refractivity contribution in [2.24, 2.45) is 10.7 Å². The molecule has 1 aromatic carbocycles. The van der Waals surface area contributed by atoms with Gasteiger partial charge in [0, 0.05) is 30.2 Å². The summed E-state index contributed by atoms with van der Waals surface area (Å²) in [6, 6.07) is 4.28. The number of benzene rings is 1. The highest BCUT2D eigenvalue weighted by molar-refractivity contribution is 6.31. The first-order valence-electron chi connectivity index (χ1n) is 6.56. The molecular formula is C13H17ClN4O3. The van der Waals surface area contributed by atoms with Crippen LogP contribution in [0, 0.1) is 10.1 Å². The Balaban J connectivity index is 2.09. The quantitative estimate of drug-likeness (QED) is 0.397. The molecular weight excluding hydrogens is 296 g/mol. The van der Waals surface area contributed by atoms with Crippen molar-refractivity contribution < 1.29 is 9.66 Å². The predicted octanol–water partition coefficient (Wildman–Crippen LogP) is 1.78. The number of aliphatic imine (C=N–C) groups is 1. The van der Waals surface area contributed by atoms with Crippen molar-refractivity contribution in [1.29, 1.82) is 0 Å². The van der Waals surface area contributed by atoms with E-state index >= 15 is 0 Å². The fourth-order valence-corrected chi connectivity index (χ4v) is 2.27. The van der Waals surface area contributed by atoms with Crippen LogP contribution in [0.2, 0.25) is 5.02 Å². The molecule has 1 unspecified atom stereocenters. The van der Waals surface area contributed by atoms with Crippen LogP contribution in [0.4, 0.5) is 5.69 Å². The summed E-state index contributed by atoms with van der Waals surface area (Å²) in [7, 11) is 0. The Bertz CT molecular complexity index is 564. The van der Waals surface area contributed by atoms with E-state index < -0.39 is 4.92 Å². The third kappa shape index (κ3) is 4.05. The molecule has 1 fully saturated rings. The number of rotatable bonds is 3. The van der Waals surface area contributed by atoms with Crippen molar-refractivity contribution in [1.82, 2.24) is 4.90 Å². The van der Waals surface area contributed by atoms with Crippen molar-refractivity contribution in [2.75, 3.05) is 19.7 Å². The zero-order chi connectivity index (χ0) is 15.4. The van der Waals surface area contributed by atoms with Crippen LogP contribution in [0.5, 0.6) is 0 Å². The summed E-state index contributed by atoms with van der Waals surface area (Å²) in [6.45, 7) is 4.14. The Kier molecular flexibility index (Phi) is 4.98. The van der Waals surface area contributed by atoms with Crippen LogP contribution in [0.1, 0.15) is 12.5 Å². The molecule has 1 aromatic rings. The highest BCUT2D eigenvalue weighted by Gasteiger charge is 2.18. The van der Waals surface area contributed by atoms with E-state index in [1.54, 1.807) is 0 Å². The monoisotopic (exact) mass is 312 g/mol. The second-order valence-corrected chi connectivity index (χ2v) is 5.24. The molecule has 114 valence electrons. The number of morpholine rings is 1. The number of ether oxygens (including phenoxy) is 1. The van der Waals surface area contributed by atoms with E-state index in [0.29, 0.717) is 36.2 Å². The molecule has 21 heavy (non-hydrogen) atoms. The van der Waals surface area contributed by atoms with Crippen molar-refractivity contribution >= 4 is 23.2 Å². The van der Waals surface area contributed by atoms with Crippen LogP contribution in [0.25, 0.3) is 0 Å². The fraction of sp³-hybridized carbons (Fsp3) is 0.462. The fourth-order valence-electron chi connectivity index (χ4n) is 2.09. The lowest BCUT2D eigenvalue weighted by atomic mass is 10.2. The Hall–Kier alpha value is -1.86. The summed E-state index contributed by atoms with van der Waals surface area (Å²) >= 11 is 6.03. The van der Waals surface area contributed by atoms with Gasteiger partial charge in [0.1, 0.15) is 0 Å². The maximum absolute atomic E-state index is 10.8.